The van der Waals surface area contributed by atoms with Gasteiger partial charge in [-0.1, -0.05) is 42.3 Å². The summed E-state index contributed by atoms with van der Waals surface area (Å²) in [5, 5.41) is 12.6. The Bertz CT molecular complexity index is 1670. The maximum atomic E-state index is 13.4. The second-order valence-corrected chi connectivity index (χ2v) is 11.7. The summed E-state index contributed by atoms with van der Waals surface area (Å²) in [6.07, 6.45) is 5.10. The van der Waals surface area contributed by atoms with E-state index in [1.54, 1.807) is 42.7 Å². The predicted octanol–water partition coefficient (Wildman–Crippen LogP) is 4.93. The Labute approximate surface area is 210 Å². The third-order valence-electron chi connectivity index (χ3n) is 7.28. The fourth-order valence-electron chi connectivity index (χ4n) is 5.32. The summed E-state index contributed by atoms with van der Waals surface area (Å²) in [6, 6.07) is 17.4. The number of benzene rings is 2. The van der Waals surface area contributed by atoms with Crippen LogP contribution in [0, 0.1) is 19.8 Å². The topological polar surface area (TPSA) is 94.2 Å². The van der Waals surface area contributed by atoms with E-state index in [2.05, 4.69) is 58.6 Å². The van der Waals surface area contributed by atoms with Gasteiger partial charge >= 0.3 is 0 Å². The molecular weight excluding hydrogens is 472 g/mol. The van der Waals surface area contributed by atoms with Crippen LogP contribution in [0.4, 0.5) is 5.69 Å². The molecule has 3 aromatic heterocycles. The quantitative estimate of drug-likeness (QED) is 0.368. The smallest absolute Gasteiger partial charge is 0.269 e. The molecule has 36 heavy (non-hydrogen) atoms. The van der Waals surface area contributed by atoms with Crippen LogP contribution in [0.5, 0.6) is 0 Å². The van der Waals surface area contributed by atoms with E-state index in [4.69, 9.17) is 0 Å². The van der Waals surface area contributed by atoms with Crippen LogP contribution >= 0.6 is 0 Å². The van der Waals surface area contributed by atoms with Gasteiger partial charge in [-0.15, -0.1) is 10.2 Å². The van der Waals surface area contributed by atoms with Crippen molar-refractivity contribution in [2.45, 2.75) is 50.5 Å². The van der Waals surface area contributed by atoms with Gasteiger partial charge in [0.25, 0.3) is 10.0 Å². The fourth-order valence-corrected chi connectivity index (χ4v) is 6.62. The van der Waals surface area contributed by atoms with Crippen LogP contribution in [0.3, 0.4) is 0 Å². The van der Waals surface area contributed by atoms with E-state index in [1.165, 1.54) is 9.54 Å². The Morgan fingerprint density at radius 3 is 2.33 bits per heavy atom. The van der Waals surface area contributed by atoms with E-state index >= 15 is 0 Å². The van der Waals surface area contributed by atoms with Crippen molar-refractivity contribution in [2.24, 2.45) is 5.92 Å². The largest absolute Gasteiger partial charge is 0.382 e. The summed E-state index contributed by atoms with van der Waals surface area (Å²) in [5.41, 5.74) is 5.03. The number of aromatic nitrogens is 5. The number of hydrogen-bond donors (Lipinski definition) is 1. The molecule has 0 radical (unpaired) electrons. The van der Waals surface area contributed by atoms with Crippen molar-refractivity contribution in [3.8, 4) is 0 Å². The van der Waals surface area contributed by atoms with Gasteiger partial charge in [0.1, 0.15) is 5.82 Å². The molecule has 3 atom stereocenters. The minimum absolute atomic E-state index is 0.186. The number of fused-ring (bicyclic) bond motifs is 3. The number of nitrogens with zero attached hydrogens (tertiary/aromatic N) is 5. The first kappa shape index (κ1) is 22.7. The molecule has 9 heteroatoms. The minimum atomic E-state index is -3.79. The Morgan fingerprint density at radius 2 is 1.61 bits per heavy atom. The molecule has 1 N–H and O–H groups in total. The molecule has 5 aromatic rings. The monoisotopic (exact) mass is 500 g/mol. The van der Waals surface area contributed by atoms with E-state index in [1.807, 2.05) is 11.3 Å². The standard InChI is InChI=1S/C27H28N6O2S/c1-17-4-8-20(9-5-17)29-21-14-19(3)23(15-21)26-31-30-25-16-28-27-24(33(25)26)12-13-32(27)36(34,35)22-10-6-18(2)7-11-22/h4-13,16,19,21,23,29H,14-15H2,1-3H3/t19-,21+,23+/m1/s1. The first-order chi connectivity index (χ1) is 17.3. The van der Waals surface area contributed by atoms with Gasteiger partial charge in [0.2, 0.25) is 0 Å². The number of nitrogens with one attached hydrogen (secondary N) is 1. The Morgan fingerprint density at radius 1 is 0.917 bits per heavy atom. The molecule has 0 unspecified atom stereocenters. The Balaban J connectivity index is 1.37. The third-order valence-corrected chi connectivity index (χ3v) is 8.96. The average Bonchev–Trinajstić information content (AvgIpc) is 3.57. The molecule has 1 fully saturated rings. The summed E-state index contributed by atoms with van der Waals surface area (Å²) in [4.78, 5) is 4.69. The van der Waals surface area contributed by atoms with E-state index < -0.39 is 10.0 Å². The van der Waals surface area contributed by atoms with Gasteiger partial charge in [0.05, 0.1) is 16.6 Å². The van der Waals surface area contributed by atoms with Gasteiger partial charge in [-0.05, 0) is 62.9 Å². The van der Waals surface area contributed by atoms with Crippen LogP contribution in [0.1, 0.15) is 42.6 Å². The maximum absolute atomic E-state index is 13.4. The Kier molecular flexibility index (Phi) is 5.33. The lowest BCUT2D eigenvalue weighted by molar-refractivity contribution is 0.507. The molecule has 1 aliphatic rings. The highest BCUT2D eigenvalue weighted by atomic mass is 32.2. The molecule has 0 spiro atoms. The normalized spacial score (nSPS) is 20.4. The molecule has 184 valence electrons. The summed E-state index contributed by atoms with van der Waals surface area (Å²) < 4.78 is 30.0. The van der Waals surface area contributed by atoms with Gasteiger partial charge in [-0.2, -0.15) is 0 Å². The average molecular weight is 501 g/mol. The van der Waals surface area contributed by atoms with Crippen molar-refractivity contribution in [2.75, 3.05) is 5.32 Å². The van der Waals surface area contributed by atoms with Crippen LogP contribution in [0.2, 0.25) is 0 Å². The highest BCUT2D eigenvalue weighted by Crippen LogP contribution is 2.40. The molecule has 0 aliphatic heterocycles. The zero-order chi connectivity index (χ0) is 25.0. The predicted molar refractivity (Wildman–Crippen MR) is 140 cm³/mol. The van der Waals surface area contributed by atoms with Crippen molar-refractivity contribution in [1.29, 1.82) is 0 Å². The Hall–Kier alpha value is -3.72. The number of anilines is 1. The highest BCUT2D eigenvalue weighted by molar-refractivity contribution is 7.90. The summed E-state index contributed by atoms with van der Waals surface area (Å²) >= 11 is 0. The molecule has 2 aromatic carbocycles. The second kappa shape index (κ2) is 8.44. The molecule has 8 nitrogen and oxygen atoms in total. The summed E-state index contributed by atoms with van der Waals surface area (Å²) in [7, 11) is -3.79. The van der Waals surface area contributed by atoms with Gasteiger partial charge in [0.15, 0.2) is 11.3 Å². The lowest BCUT2D eigenvalue weighted by atomic mass is 9.97. The minimum Gasteiger partial charge on any atom is -0.382 e. The number of hydrogen-bond acceptors (Lipinski definition) is 6. The van der Waals surface area contributed by atoms with Crippen LogP contribution in [-0.4, -0.2) is 38.0 Å². The van der Waals surface area contributed by atoms with E-state index in [0.29, 0.717) is 28.8 Å². The molecule has 1 saturated carbocycles. The van der Waals surface area contributed by atoms with Crippen LogP contribution in [0.25, 0.3) is 16.8 Å². The van der Waals surface area contributed by atoms with Gasteiger partial charge in [-0.3, -0.25) is 4.40 Å². The van der Waals surface area contributed by atoms with Crippen molar-refractivity contribution >= 4 is 32.5 Å². The van der Waals surface area contributed by atoms with Crippen molar-refractivity contribution < 1.29 is 8.42 Å². The zero-order valence-electron chi connectivity index (χ0n) is 20.5. The summed E-state index contributed by atoms with van der Waals surface area (Å²) in [5.74, 6) is 1.43. The third kappa shape index (κ3) is 3.74. The molecular formula is C27H28N6O2S. The molecule has 1 aliphatic carbocycles. The van der Waals surface area contributed by atoms with Gasteiger partial charge < -0.3 is 5.32 Å². The van der Waals surface area contributed by atoms with E-state index in [0.717, 1.165) is 29.9 Å². The van der Waals surface area contributed by atoms with Gasteiger partial charge in [0, 0.05) is 23.8 Å². The molecule has 0 saturated heterocycles. The lowest BCUT2D eigenvalue weighted by Gasteiger charge is -2.15. The van der Waals surface area contributed by atoms with E-state index in [9.17, 15) is 8.42 Å². The zero-order valence-corrected chi connectivity index (χ0v) is 21.3. The van der Waals surface area contributed by atoms with Crippen LogP contribution in [-0.2, 0) is 10.0 Å². The van der Waals surface area contributed by atoms with Crippen molar-refractivity contribution in [3.63, 3.8) is 0 Å². The number of aryl methyl sites for hydroxylation is 2. The molecule has 6 rings (SSSR count). The SMILES string of the molecule is Cc1ccc(N[C@H]2C[C@@H](C)[C@@H](c3nnc4cnc5c(ccn5S(=O)(=O)c5ccc(C)cc5)n34)C2)cc1. The van der Waals surface area contributed by atoms with Crippen molar-refractivity contribution in [1.82, 2.24) is 23.6 Å². The highest BCUT2D eigenvalue weighted by Gasteiger charge is 2.36. The van der Waals surface area contributed by atoms with Crippen LogP contribution < -0.4 is 5.32 Å². The van der Waals surface area contributed by atoms with Crippen LogP contribution in [0.15, 0.2) is 71.9 Å². The molecule has 0 amide bonds. The fraction of sp³-hybridized carbons (Fsp3) is 0.296. The summed E-state index contributed by atoms with van der Waals surface area (Å²) in [6.45, 7) is 6.26. The van der Waals surface area contributed by atoms with E-state index in [-0.39, 0.29) is 10.8 Å². The molecule has 3 heterocycles. The first-order valence-electron chi connectivity index (χ1n) is 12.2. The maximum Gasteiger partial charge on any atom is 0.269 e. The lowest BCUT2D eigenvalue weighted by Crippen LogP contribution is -2.15. The van der Waals surface area contributed by atoms with Gasteiger partial charge in [-0.25, -0.2) is 17.4 Å². The number of rotatable bonds is 5. The molecule has 0 bridgehead atoms. The first-order valence-corrected chi connectivity index (χ1v) is 13.6. The second-order valence-electron chi connectivity index (χ2n) is 9.91. The van der Waals surface area contributed by atoms with Crippen molar-refractivity contribution in [3.05, 3.63) is 83.9 Å².